The fraction of sp³-hybridized carbons (Fsp3) is 0.875. The average Bonchev–Trinajstić information content (AvgIpc) is 1.97. The molecule has 0 rings (SSSR count). The van der Waals surface area contributed by atoms with Gasteiger partial charge in [0.25, 0.3) is 5.24 Å². The lowest BCUT2D eigenvalue weighted by atomic mass is 10.1. The van der Waals surface area contributed by atoms with E-state index in [0.717, 1.165) is 25.7 Å². The minimum atomic E-state index is -1.45. The minimum absolute atomic E-state index is 0.280. The van der Waals surface area contributed by atoms with E-state index >= 15 is 0 Å². The third kappa shape index (κ3) is 6.29. The molecule has 0 saturated heterocycles. The lowest BCUT2D eigenvalue weighted by Crippen LogP contribution is -2.08. The Bertz CT molecular complexity index is 117. The van der Waals surface area contributed by atoms with Crippen LogP contribution in [0, 0.1) is 0 Å². The van der Waals surface area contributed by atoms with E-state index < -0.39 is 11.4 Å². The average molecular weight is 181 g/mol. The van der Waals surface area contributed by atoms with Gasteiger partial charge in [-0.05, 0) is 18.0 Å². The second-order valence-corrected chi connectivity index (χ2v) is 2.99. The molecule has 3 heteroatoms. The Kier molecular flexibility index (Phi) is 6.52. The van der Waals surface area contributed by atoms with Gasteiger partial charge in [0, 0.05) is 0 Å². The van der Waals surface area contributed by atoms with Crippen molar-refractivity contribution in [3.05, 3.63) is 0 Å². The summed E-state index contributed by atoms with van der Waals surface area (Å²) in [7, 11) is 0. The van der Waals surface area contributed by atoms with E-state index in [1.807, 2.05) is 0 Å². The Morgan fingerprint density at radius 1 is 1.45 bits per heavy atom. The van der Waals surface area contributed by atoms with Gasteiger partial charge in [-0.1, -0.05) is 32.6 Å². The quantitative estimate of drug-likeness (QED) is 0.454. The predicted molar refractivity (Wildman–Crippen MR) is 44.5 cm³/mol. The maximum Gasteiger partial charge on any atom is 0.255 e. The normalized spacial score (nSPS) is 13.0. The van der Waals surface area contributed by atoms with Crippen LogP contribution in [0.5, 0.6) is 0 Å². The van der Waals surface area contributed by atoms with Crippen molar-refractivity contribution in [1.29, 1.82) is 0 Å². The van der Waals surface area contributed by atoms with Crippen LogP contribution in [-0.2, 0) is 4.79 Å². The molecule has 0 aliphatic heterocycles. The highest BCUT2D eigenvalue weighted by atomic mass is 35.5. The molecule has 1 unspecified atom stereocenters. The summed E-state index contributed by atoms with van der Waals surface area (Å²) in [6.07, 6.45) is 2.79. The van der Waals surface area contributed by atoms with Gasteiger partial charge in [0.15, 0.2) is 6.17 Å². The molecule has 11 heavy (non-hydrogen) atoms. The summed E-state index contributed by atoms with van der Waals surface area (Å²) in [5, 5.41) is -0.860. The second-order valence-electron chi connectivity index (χ2n) is 2.62. The van der Waals surface area contributed by atoms with E-state index in [4.69, 9.17) is 11.6 Å². The topological polar surface area (TPSA) is 17.1 Å². The number of halogens is 2. The molecular weight excluding hydrogens is 167 g/mol. The molecule has 0 aromatic rings. The standard InChI is InChI=1S/C8H14ClFO/c1-2-3-4-5-6-7(10)8(9)11/h7H,2-6H2,1H3. The first-order valence-corrected chi connectivity index (χ1v) is 4.39. The van der Waals surface area contributed by atoms with Crippen molar-refractivity contribution >= 4 is 16.8 Å². The van der Waals surface area contributed by atoms with Gasteiger partial charge in [0.1, 0.15) is 0 Å². The molecule has 0 amide bonds. The number of carbonyl (C=O) groups is 1. The van der Waals surface area contributed by atoms with Crippen LogP contribution in [0.3, 0.4) is 0 Å². The highest BCUT2D eigenvalue weighted by molar-refractivity contribution is 6.64. The van der Waals surface area contributed by atoms with E-state index in [-0.39, 0.29) is 6.42 Å². The Hall–Kier alpha value is -0.110. The summed E-state index contributed by atoms with van der Waals surface area (Å²) in [6, 6.07) is 0. The van der Waals surface area contributed by atoms with Crippen LogP contribution in [0.2, 0.25) is 0 Å². The zero-order valence-corrected chi connectivity index (χ0v) is 7.53. The second kappa shape index (κ2) is 6.59. The molecule has 0 saturated carbocycles. The molecule has 66 valence electrons. The van der Waals surface area contributed by atoms with Crippen LogP contribution in [0.25, 0.3) is 0 Å². The van der Waals surface area contributed by atoms with Crippen LogP contribution in [0.4, 0.5) is 4.39 Å². The molecule has 0 spiro atoms. The maximum atomic E-state index is 12.5. The highest BCUT2D eigenvalue weighted by Gasteiger charge is 2.12. The van der Waals surface area contributed by atoms with Crippen molar-refractivity contribution in [2.24, 2.45) is 0 Å². The summed E-state index contributed by atoms with van der Waals surface area (Å²) in [5.41, 5.74) is 0. The molecular formula is C8H14ClFO. The molecule has 0 radical (unpaired) electrons. The van der Waals surface area contributed by atoms with Crippen molar-refractivity contribution in [2.45, 2.75) is 45.2 Å². The Morgan fingerprint density at radius 2 is 2.09 bits per heavy atom. The fourth-order valence-corrected chi connectivity index (χ4v) is 0.973. The highest BCUT2D eigenvalue weighted by Crippen LogP contribution is 2.09. The lowest BCUT2D eigenvalue weighted by molar-refractivity contribution is -0.116. The van der Waals surface area contributed by atoms with Crippen molar-refractivity contribution < 1.29 is 9.18 Å². The molecule has 0 bridgehead atoms. The van der Waals surface area contributed by atoms with Crippen LogP contribution in [-0.4, -0.2) is 11.4 Å². The molecule has 0 fully saturated rings. The van der Waals surface area contributed by atoms with E-state index in [0.29, 0.717) is 0 Å². The van der Waals surface area contributed by atoms with E-state index in [9.17, 15) is 9.18 Å². The first kappa shape index (κ1) is 10.9. The molecule has 1 atom stereocenters. The molecule has 0 aromatic carbocycles. The summed E-state index contributed by atoms with van der Waals surface area (Å²) in [4.78, 5) is 10.2. The minimum Gasteiger partial charge on any atom is -0.278 e. The molecule has 0 aromatic heterocycles. The van der Waals surface area contributed by atoms with Gasteiger partial charge < -0.3 is 0 Å². The van der Waals surface area contributed by atoms with Crippen LogP contribution < -0.4 is 0 Å². The predicted octanol–water partition coefficient (Wildman–Crippen LogP) is 3.06. The van der Waals surface area contributed by atoms with Gasteiger partial charge in [0.05, 0.1) is 0 Å². The molecule has 0 N–H and O–H groups in total. The Labute approximate surface area is 71.9 Å². The Balaban J connectivity index is 3.17. The molecule has 0 heterocycles. The van der Waals surface area contributed by atoms with Gasteiger partial charge in [-0.2, -0.15) is 0 Å². The van der Waals surface area contributed by atoms with Gasteiger partial charge in [-0.3, -0.25) is 4.79 Å². The first-order chi connectivity index (χ1) is 5.18. The number of unbranched alkanes of at least 4 members (excludes halogenated alkanes) is 3. The third-order valence-electron chi connectivity index (χ3n) is 1.56. The molecule has 1 nitrogen and oxygen atoms in total. The third-order valence-corrected chi connectivity index (χ3v) is 1.79. The summed E-state index contributed by atoms with van der Waals surface area (Å²) >= 11 is 4.93. The SMILES string of the molecule is CCCCCCC(F)C(=O)Cl. The lowest BCUT2D eigenvalue weighted by Gasteiger charge is -2.00. The first-order valence-electron chi connectivity index (χ1n) is 4.02. The molecule has 0 aliphatic carbocycles. The smallest absolute Gasteiger partial charge is 0.255 e. The summed E-state index contributed by atoms with van der Waals surface area (Å²) < 4.78 is 12.5. The van der Waals surface area contributed by atoms with Crippen LogP contribution in [0.1, 0.15) is 39.0 Å². The van der Waals surface area contributed by atoms with E-state index in [2.05, 4.69) is 6.92 Å². The number of carbonyl (C=O) groups excluding carboxylic acids is 1. The van der Waals surface area contributed by atoms with Crippen molar-refractivity contribution in [3.8, 4) is 0 Å². The van der Waals surface area contributed by atoms with Crippen LogP contribution >= 0.6 is 11.6 Å². The monoisotopic (exact) mass is 180 g/mol. The van der Waals surface area contributed by atoms with Crippen molar-refractivity contribution in [3.63, 3.8) is 0 Å². The number of hydrogen-bond donors (Lipinski definition) is 0. The van der Waals surface area contributed by atoms with E-state index in [1.165, 1.54) is 0 Å². The molecule has 0 aliphatic rings. The van der Waals surface area contributed by atoms with Gasteiger partial charge >= 0.3 is 0 Å². The number of alkyl halides is 1. The zero-order valence-electron chi connectivity index (χ0n) is 6.78. The largest absolute Gasteiger partial charge is 0.278 e. The van der Waals surface area contributed by atoms with Gasteiger partial charge in [0.2, 0.25) is 0 Å². The van der Waals surface area contributed by atoms with Gasteiger partial charge in [-0.15, -0.1) is 0 Å². The van der Waals surface area contributed by atoms with E-state index in [1.54, 1.807) is 0 Å². The van der Waals surface area contributed by atoms with Crippen molar-refractivity contribution in [2.75, 3.05) is 0 Å². The zero-order chi connectivity index (χ0) is 8.69. The fourth-order valence-electron chi connectivity index (χ4n) is 0.864. The maximum absolute atomic E-state index is 12.5. The summed E-state index contributed by atoms with van der Waals surface area (Å²) in [5.74, 6) is 0. The van der Waals surface area contributed by atoms with Gasteiger partial charge in [-0.25, -0.2) is 4.39 Å². The van der Waals surface area contributed by atoms with Crippen molar-refractivity contribution in [1.82, 2.24) is 0 Å². The summed E-state index contributed by atoms with van der Waals surface area (Å²) in [6.45, 7) is 2.08. The van der Waals surface area contributed by atoms with Crippen LogP contribution in [0.15, 0.2) is 0 Å². The Morgan fingerprint density at radius 3 is 2.55 bits per heavy atom. The number of hydrogen-bond acceptors (Lipinski definition) is 1. The number of rotatable bonds is 6.